The fraction of sp³-hybridized carbons (Fsp3) is 0. The van der Waals surface area contributed by atoms with Crippen LogP contribution >= 0.6 is 0 Å². The van der Waals surface area contributed by atoms with Gasteiger partial charge in [0, 0.05) is 0 Å². The Balaban J connectivity index is 0. The summed E-state index contributed by atoms with van der Waals surface area (Å²) < 4.78 is 0. The van der Waals surface area contributed by atoms with Crippen molar-refractivity contribution in [3.8, 4) is 0 Å². The van der Waals surface area contributed by atoms with E-state index in [9.17, 15) is 0 Å². The SMILES string of the molecule is [F-].[F-].[H-].[H-].[Mg+2].[Mg+2]. The topological polar surface area (TPSA) is 0 Å². The van der Waals surface area contributed by atoms with Gasteiger partial charge in [-0.2, -0.15) is 0 Å². The normalized spacial score (nSPS) is 0. The van der Waals surface area contributed by atoms with Crippen LogP contribution in [0.5, 0.6) is 0 Å². The van der Waals surface area contributed by atoms with Crippen molar-refractivity contribution in [3.63, 3.8) is 0 Å². The van der Waals surface area contributed by atoms with E-state index >= 15 is 0 Å². The average molecular weight is 88.6 g/mol. The van der Waals surface area contributed by atoms with Crippen molar-refractivity contribution in [3.05, 3.63) is 0 Å². The predicted octanol–water partition coefficient (Wildman–Crippen LogP) is -6.53. The van der Waals surface area contributed by atoms with Gasteiger partial charge in [-0.3, -0.25) is 0 Å². The third kappa shape index (κ3) is 10.0. The fourth-order valence-electron chi connectivity index (χ4n) is 0. The smallest absolute Gasteiger partial charge is 1.00 e. The summed E-state index contributed by atoms with van der Waals surface area (Å²) in [6, 6.07) is 0. The van der Waals surface area contributed by atoms with Crippen molar-refractivity contribution >= 4 is 46.1 Å². The molecule has 0 aromatic rings. The molecule has 0 saturated heterocycles. The molecular weight excluding hydrogens is 86.6 g/mol. The second-order valence-corrected chi connectivity index (χ2v) is 0. The van der Waals surface area contributed by atoms with Gasteiger partial charge >= 0.3 is 46.1 Å². The van der Waals surface area contributed by atoms with Gasteiger partial charge in [-0.15, -0.1) is 0 Å². The Hall–Kier alpha value is 1.39. The maximum atomic E-state index is 0. The molecule has 20 valence electrons. The molecule has 0 bridgehead atoms. The zero-order chi connectivity index (χ0) is 0. The molecule has 0 nitrogen and oxygen atoms in total. The van der Waals surface area contributed by atoms with Gasteiger partial charge in [-0.1, -0.05) is 0 Å². The van der Waals surface area contributed by atoms with Gasteiger partial charge in [-0.25, -0.2) is 0 Å². The monoisotopic (exact) mass is 88.0 g/mol. The molecule has 0 spiro atoms. The summed E-state index contributed by atoms with van der Waals surface area (Å²) in [5.74, 6) is 0. The summed E-state index contributed by atoms with van der Waals surface area (Å²) >= 11 is 0. The van der Waals surface area contributed by atoms with E-state index in [1.807, 2.05) is 0 Å². The van der Waals surface area contributed by atoms with Gasteiger partial charge in [0.05, 0.1) is 0 Å². The molecule has 0 unspecified atom stereocenters. The van der Waals surface area contributed by atoms with Crippen LogP contribution in [-0.4, -0.2) is 46.1 Å². The van der Waals surface area contributed by atoms with E-state index in [4.69, 9.17) is 0 Å². The summed E-state index contributed by atoms with van der Waals surface area (Å²) in [6.45, 7) is 0. The van der Waals surface area contributed by atoms with Crippen LogP contribution in [0.3, 0.4) is 0 Å². The molecule has 0 N–H and O–H groups in total. The first kappa shape index (κ1) is 53.7. The molecule has 0 aliphatic carbocycles. The van der Waals surface area contributed by atoms with Gasteiger partial charge in [0.25, 0.3) is 0 Å². The van der Waals surface area contributed by atoms with Gasteiger partial charge in [-0.05, 0) is 0 Å². The van der Waals surface area contributed by atoms with Crippen LogP contribution in [0.15, 0.2) is 0 Å². The van der Waals surface area contributed by atoms with Crippen molar-refractivity contribution in [1.29, 1.82) is 0 Å². The minimum atomic E-state index is 0. The van der Waals surface area contributed by atoms with Gasteiger partial charge in [0.1, 0.15) is 0 Å². The Morgan fingerprint density at radius 1 is 0.750 bits per heavy atom. The fourth-order valence-corrected chi connectivity index (χ4v) is 0. The van der Waals surface area contributed by atoms with Crippen molar-refractivity contribution in [2.45, 2.75) is 0 Å². The maximum Gasteiger partial charge on any atom is 2.00 e. The van der Waals surface area contributed by atoms with Crippen LogP contribution in [0, 0.1) is 0 Å². The molecule has 4 heteroatoms. The van der Waals surface area contributed by atoms with Crippen molar-refractivity contribution < 1.29 is 12.3 Å². The molecular formula is H2F2Mg2. The Labute approximate surface area is 58.3 Å². The molecule has 4 heavy (non-hydrogen) atoms. The Morgan fingerprint density at radius 3 is 0.750 bits per heavy atom. The minimum absolute atomic E-state index is 0. The summed E-state index contributed by atoms with van der Waals surface area (Å²) in [6.07, 6.45) is 0. The van der Waals surface area contributed by atoms with Gasteiger partial charge in [0.15, 0.2) is 0 Å². The molecule has 0 saturated carbocycles. The molecule has 0 amide bonds. The van der Waals surface area contributed by atoms with Gasteiger partial charge < -0.3 is 12.3 Å². The first-order valence-corrected chi connectivity index (χ1v) is 0. The van der Waals surface area contributed by atoms with Crippen molar-refractivity contribution in [1.82, 2.24) is 0 Å². The van der Waals surface area contributed by atoms with E-state index < -0.39 is 0 Å². The van der Waals surface area contributed by atoms with E-state index in [0.29, 0.717) is 0 Å². The quantitative estimate of drug-likeness (QED) is 0.259. The number of hydrogen-bond acceptors (Lipinski definition) is 0. The van der Waals surface area contributed by atoms with Crippen LogP contribution in [0.2, 0.25) is 0 Å². The van der Waals surface area contributed by atoms with Crippen LogP contribution in [0.25, 0.3) is 0 Å². The molecule has 0 atom stereocenters. The predicted molar refractivity (Wildman–Crippen MR) is 13.7 cm³/mol. The second-order valence-electron chi connectivity index (χ2n) is 0. The zero-order valence-corrected chi connectivity index (χ0v) is 5.00. The van der Waals surface area contributed by atoms with Crippen molar-refractivity contribution in [2.75, 3.05) is 0 Å². The number of hydrogen-bond donors (Lipinski definition) is 0. The number of rotatable bonds is 0. The van der Waals surface area contributed by atoms with Crippen molar-refractivity contribution in [2.24, 2.45) is 0 Å². The van der Waals surface area contributed by atoms with Crippen LogP contribution in [-0.2, 0) is 0 Å². The van der Waals surface area contributed by atoms with Crippen LogP contribution < -0.4 is 9.41 Å². The summed E-state index contributed by atoms with van der Waals surface area (Å²) in [4.78, 5) is 0. The number of halogens is 2. The van der Waals surface area contributed by atoms with Crippen LogP contribution in [0.1, 0.15) is 2.85 Å². The molecule has 0 aromatic heterocycles. The summed E-state index contributed by atoms with van der Waals surface area (Å²) in [5, 5.41) is 0. The molecule has 0 heterocycles. The summed E-state index contributed by atoms with van der Waals surface area (Å²) in [5.41, 5.74) is 0. The first-order chi connectivity index (χ1) is 0. The standard InChI is InChI=1S/2FH.2Mg.2H/h2*1H;;;;/q;;2*+2;2*-1/p-2. The Kier molecular flexibility index (Phi) is 350. The Bertz CT molecular complexity index is 9.51. The third-order valence-corrected chi connectivity index (χ3v) is 0. The summed E-state index contributed by atoms with van der Waals surface area (Å²) in [7, 11) is 0. The third-order valence-electron chi connectivity index (χ3n) is 0. The maximum absolute atomic E-state index is 0. The average Bonchev–Trinajstić information content (AvgIpc) is 0. The molecule has 0 rings (SSSR count). The second kappa shape index (κ2) is 26.1. The van der Waals surface area contributed by atoms with E-state index in [1.54, 1.807) is 0 Å². The van der Waals surface area contributed by atoms with E-state index in [2.05, 4.69) is 0 Å². The largest absolute Gasteiger partial charge is 2.00 e. The van der Waals surface area contributed by atoms with Gasteiger partial charge in [0.2, 0.25) is 0 Å². The van der Waals surface area contributed by atoms with E-state index in [-0.39, 0.29) is 58.4 Å². The Morgan fingerprint density at radius 2 is 0.750 bits per heavy atom. The molecule has 0 radical (unpaired) electrons. The molecule has 0 aliphatic rings. The molecule has 0 fully saturated rings. The van der Waals surface area contributed by atoms with Crippen LogP contribution in [0.4, 0.5) is 0 Å². The minimum Gasteiger partial charge on any atom is -1.00 e. The van der Waals surface area contributed by atoms with E-state index in [1.165, 1.54) is 0 Å². The van der Waals surface area contributed by atoms with E-state index in [0.717, 1.165) is 0 Å². The molecule has 0 aromatic carbocycles. The first-order valence-electron chi connectivity index (χ1n) is 0. The molecule has 0 aliphatic heterocycles. The zero-order valence-electron chi connectivity index (χ0n) is 4.17.